The molecule has 0 amide bonds. The molecule has 1 aromatic carbocycles. The van der Waals surface area contributed by atoms with Crippen LogP contribution in [0.2, 0.25) is 0 Å². The van der Waals surface area contributed by atoms with Crippen LogP contribution in [0.4, 0.5) is 0 Å². The van der Waals surface area contributed by atoms with Gasteiger partial charge >= 0.3 is 0 Å². The first-order chi connectivity index (χ1) is 12.3. The van der Waals surface area contributed by atoms with Gasteiger partial charge in [-0.1, -0.05) is 17.9 Å². The van der Waals surface area contributed by atoms with Gasteiger partial charge in [0.15, 0.2) is 0 Å². The molecule has 3 aliphatic rings. The fourth-order valence-corrected chi connectivity index (χ4v) is 3.92. The van der Waals surface area contributed by atoms with Gasteiger partial charge in [-0.05, 0) is 68.2 Å². The molecule has 0 spiro atoms. The van der Waals surface area contributed by atoms with Crippen LogP contribution in [0.15, 0.2) is 24.4 Å². The van der Waals surface area contributed by atoms with E-state index in [0.717, 1.165) is 38.0 Å². The quantitative estimate of drug-likeness (QED) is 0.778. The number of nitrogens with zero attached hydrogens (tertiary/aromatic N) is 2. The lowest BCUT2D eigenvalue weighted by molar-refractivity contribution is 0.00402. The molecule has 0 N–H and O–H groups in total. The van der Waals surface area contributed by atoms with E-state index in [1.807, 2.05) is 0 Å². The van der Waals surface area contributed by atoms with Crippen LogP contribution in [0.25, 0.3) is 11.3 Å². The lowest BCUT2D eigenvalue weighted by Gasteiger charge is -2.22. The Morgan fingerprint density at radius 2 is 2.04 bits per heavy atom. The lowest BCUT2D eigenvalue weighted by atomic mass is 9.89. The average Bonchev–Trinajstić information content (AvgIpc) is 3.39. The molecule has 0 bridgehead atoms. The molecule has 1 atom stereocenters. The molecule has 3 nitrogen and oxygen atoms in total. The number of hydrogen-bond acceptors (Lipinski definition) is 2. The Morgan fingerprint density at radius 3 is 2.88 bits per heavy atom. The van der Waals surface area contributed by atoms with E-state index in [-0.39, 0.29) is 0 Å². The third-order valence-corrected chi connectivity index (χ3v) is 5.52. The lowest BCUT2D eigenvalue weighted by Crippen LogP contribution is -2.24. The Kier molecular flexibility index (Phi) is 3.87. The number of hydrogen-bond donors (Lipinski definition) is 0. The zero-order valence-electron chi connectivity index (χ0n) is 14.6. The van der Waals surface area contributed by atoms with Gasteiger partial charge in [0.25, 0.3) is 0 Å². The van der Waals surface area contributed by atoms with Crippen molar-refractivity contribution in [1.29, 1.82) is 0 Å². The summed E-state index contributed by atoms with van der Waals surface area (Å²) in [6.45, 7) is 1.78. The van der Waals surface area contributed by atoms with E-state index in [4.69, 9.17) is 9.84 Å². The Labute approximate surface area is 149 Å². The molecule has 3 heteroatoms. The van der Waals surface area contributed by atoms with Crippen LogP contribution in [0, 0.1) is 17.8 Å². The number of rotatable bonds is 2. The maximum absolute atomic E-state index is 5.87. The van der Waals surface area contributed by atoms with Crippen LogP contribution < -0.4 is 0 Å². The first-order valence-electron chi connectivity index (χ1n) is 9.68. The zero-order chi connectivity index (χ0) is 16.6. The molecule has 5 rings (SSSR count). The summed E-state index contributed by atoms with van der Waals surface area (Å²) in [6, 6.07) is 6.65. The van der Waals surface area contributed by atoms with Gasteiger partial charge in [0.1, 0.15) is 0 Å². The summed E-state index contributed by atoms with van der Waals surface area (Å²) < 4.78 is 7.98. The first-order valence-corrected chi connectivity index (χ1v) is 9.68. The van der Waals surface area contributed by atoms with E-state index in [1.54, 1.807) is 0 Å². The molecule has 0 radical (unpaired) electrons. The highest BCUT2D eigenvalue weighted by atomic mass is 16.5. The summed E-state index contributed by atoms with van der Waals surface area (Å²) in [4.78, 5) is 0. The van der Waals surface area contributed by atoms with E-state index in [9.17, 15) is 0 Å². The van der Waals surface area contributed by atoms with Crippen molar-refractivity contribution in [3.05, 3.63) is 41.1 Å². The molecule has 2 fully saturated rings. The zero-order valence-corrected chi connectivity index (χ0v) is 14.6. The van der Waals surface area contributed by atoms with E-state index in [0.29, 0.717) is 12.0 Å². The van der Waals surface area contributed by atoms with Crippen LogP contribution in [0.5, 0.6) is 0 Å². The minimum absolute atomic E-state index is 0.328. The molecular formula is C22H24N2O. The average molecular weight is 332 g/mol. The summed E-state index contributed by atoms with van der Waals surface area (Å²) in [5.41, 5.74) is 6.39. The molecule has 2 heterocycles. The summed E-state index contributed by atoms with van der Waals surface area (Å²) in [7, 11) is 0. The number of benzene rings is 1. The van der Waals surface area contributed by atoms with Crippen molar-refractivity contribution >= 4 is 0 Å². The second kappa shape index (κ2) is 6.35. The Hall–Kier alpha value is -2.05. The van der Waals surface area contributed by atoms with Crippen LogP contribution in [-0.2, 0) is 24.1 Å². The third kappa shape index (κ3) is 3.24. The van der Waals surface area contributed by atoms with Gasteiger partial charge in [0, 0.05) is 29.8 Å². The van der Waals surface area contributed by atoms with Gasteiger partial charge in [-0.3, -0.25) is 4.68 Å². The summed E-state index contributed by atoms with van der Waals surface area (Å²) in [5.74, 6) is 7.37. The van der Waals surface area contributed by atoms with E-state index < -0.39 is 0 Å². The standard InChI is InChI=1S/C22H24N2O/c1-2-12-25-20(3-1)15-24-14-19-10-9-18-13-17(7-6-16-4-5-16)8-11-21(18)22(19)23-24/h8,11,13-14,16,20H,1-5,9-10,12,15H2. The molecule has 25 heavy (non-hydrogen) atoms. The third-order valence-electron chi connectivity index (χ3n) is 5.52. The van der Waals surface area contributed by atoms with Gasteiger partial charge in [-0.2, -0.15) is 5.10 Å². The van der Waals surface area contributed by atoms with Crippen molar-refractivity contribution in [2.45, 2.75) is 57.6 Å². The largest absolute Gasteiger partial charge is 0.376 e. The molecule has 128 valence electrons. The van der Waals surface area contributed by atoms with Crippen LogP contribution in [0.3, 0.4) is 0 Å². The fourth-order valence-electron chi connectivity index (χ4n) is 3.92. The molecule has 1 saturated carbocycles. The van der Waals surface area contributed by atoms with Crippen molar-refractivity contribution < 1.29 is 4.74 Å². The van der Waals surface area contributed by atoms with Crippen molar-refractivity contribution in [1.82, 2.24) is 9.78 Å². The minimum atomic E-state index is 0.328. The van der Waals surface area contributed by atoms with Crippen LogP contribution >= 0.6 is 0 Å². The van der Waals surface area contributed by atoms with Crippen molar-refractivity contribution in [2.24, 2.45) is 5.92 Å². The minimum Gasteiger partial charge on any atom is -0.376 e. The van der Waals surface area contributed by atoms with E-state index >= 15 is 0 Å². The van der Waals surface area contributed by atoms with Crippen molar-refractivity contribution in [2.75, 3.05) is 6.61 Å². The molecular weight excluding hydrogens is 308 g/mol. The first kappa shape index (κ1) is 15.2. The van der Waals surface area contributed by atoms with Gasteiger partial charge in [-0.25, -0.2) is 0 Å². The second-order valence-corrected chi connectivity index (χ2v) is 7.63. The number of aryl methyl sites for hydroxylation is 2. The Bertz CT molecular complexity index is 845. The highest BCUT2D eigenvalue weighted by molar-refractivity contribution is 5.70. The molecule has 2 aliphatic carbocycles. The van der Waals surface area contributed by atoms with Gasteiger partial charge in [-0.15, -0.1) is 0 Å². The molecule has 1 unspecified atom stereocenters. The van der Waals surface area contributed by atoms with Crippen LogP contribution in [-0.4, -0.2) is 22.5 Å². The number of fused-ring (bicyclic) bond motifs is 3. The predicted octanol–water partition coefficient (Wildman–Crippen LogP) is 3.98. The topological polar surface area (TPSA) is 27.1 Å². The van der Waals surface area contributed by atoms with Crippen LogP contribution in [0.1, 0.15) is 48.8 Å². The summed E-state index contributed by atoms with van der Waals surface area (Å²) in [6.07, 6.45) is 10.9. The number of aromatic nitrogens is 2. The van der Waals surface area contributed by atoms with Gasteiger partial charge in [0.05, 0.1) is 18.3 Å². The van der Waals surface area contributed by atoms with E-state index in [2.05, 4.69) is 40.9 Å². The molecule has 1 aliphatic heterocycles. The highest BCUT2D eigenvalue weighted by Gasteiger charge is 2.22. The fraction of sp³-hybridized carbons (Fsp3) is 0.500. The predicted molar refractivity (Wildman–Crippen MR) is 98.3 cm³/mol. The highest BCUT2D eigenvalue weighted by Crippen LogP contribution is 2.33. The van der Waals surface area contributed by atoms with Crippen molar-refractivity contribution in [3.8, 4) is 23.1 Å². The van der Waals surface area contributed by atoms with Crippen molar-refractivity contribution in [3.63, 3.8) is 0 Å². The smallest absolute Gasteiger partial charge is 0.0958 e. The SMILES string of the molecule is C(#CC1CC1)c1ccc2c(c1)CCc1cn(CC3CCCCO3)nc1-2. The number of ether oxygens (including phenoxy) is 1. The summed E-state index contributed by atoms with van der Waals surface area (Å²) in [5, 5.41) is 4.90. The van der Waals surface area contributed by atoms with Gasteiger partial charge in [0.2, 0.25) is 0 Å². The summed E-state index contributed by atoms with van der Waals surface area (Å²) >= 11 is 0. The Balaban J connectivity index is 1.39. The molecule has 1 saturated heterocycles. The maximum atomic E-state index is 5.87. The maximum Gasteiger partial charge on any atom is 0.0958 e. The second-order valence-electron chi connectivity index (χ2n) is 7.63. The molecule has 2 aromatic rings. The van der Waals surface area contributed by atoms with E-state index in [1.165, 1.54) is 48.1 Å². The normalized spacial score (nSPS) is 21.8. The monoisotopic (exact) mass is 332 g/mol. The van der Waals surface area contributed by atoms with Gasteiger partial charge < -0.3 is 4.74 Å². The Morgan fingerprint density at radius 1 is 1.12 bits per heavy atom. The molecule has 1 aromatic heterocycles.